The number of hydrogen-bond acceptors (Lipinski definition) is 5. The summed E-state index contributed by atoms with van der Waals surface area (Å²) < 4.78 is 5.03. The van der Waals surface area contributed by atoms with E-state index in [9.17, 15) is 19.5 Å². The highest BCUT2D eigenvalue weighted by Gasteiger charge is 2.69. The van der Waals surface area contributed by atoms with Gasteiger partial charge >= 0.3 is 5.97 Å². The summed E-state index contributed by atoms with van der Waals surface area (Å²) in [5.74, 6) is 0.338. The summed E-state index contributed by atoms with van der Waals surface area (Å²) in [5.41, 5.74) is 0.935. The number of aliphatic hydroxyl groups excluding tert-OH is 1. The number of hydrogen-bond donors (Lipinski definition) is 1. The highest BCUT2D eigenvalue weighted by Crippen LogP contribution is 2.74. The maximum absolute atomic E-state index is 14.5. The molecule has 0 aromatic carbocycles. The van der Waals surface area contributed by atoms with Gasteiger partial charge in [-0.25, -0.2) is 0 Å². The van der Waals surface area contributed by atoms with Gasteiger partial charge in [-0.2, -0.15) is 0 Å². The fraction of sp³-hybridized carbons (Fsp3) is 0.848. The van der Waals surface area contributed by atoms with E-state index in [-0.39, 0.29) is 80.8 Å². The zero-order valence-corrected chi connectivity index (χ0v) is 24.8. The van der Waals surface area contributed by atoms with Crippen LogP contribution in [0.15, 0.2) is 11.6 Å². The van der Waals surface area contributed by atoms with Crippen molar-refractivity contribution in [3.63, 3.8) is 0 Å². The number of aliphatic hydroxyl groups is 1. The van der Waals surface area contributed by atoms with Gasteiger partial charge in [0.1, 0.15) is 5.78 Å². The first-order valence-corrected chi connectivity index (χ1v) is 15.2. The fourth-order valence-electron chi connectivity index (χ4n) is 10.9. The van der Waals surface area contributed by atoms with Crippen LogP contribution in [0.3, 0.4) is 0 Å². The van der Waals surface area contributed by atoms with Crippen molar-refractivity contribution in [2.45, 2.75) is 106 Å². The lowest BCUT2D eigenvalue weighted by Gasteiger charge is -2.69. The Kier molecular flexibility index (Phi) is 6.65. The van der Waals surface area contributed by atoms with E-state index >= 15 is 0 Å². The number of ketones is 2. The molecular weight excluding hydrogens is 476 g/mol. The lowest BCUT2D eigenvalue weighted by Crippen LogP contribution is -2.65. The van der Waals surface area contributed by atoms with Crippen LogP contribution in [0, 0.1) is 56.7 Å². The second-order valence-corrected chi connectivity index (χ2v) is 15.4. The minimum Gasteiger partial charge on any atom is -0.469 e. The molecule has 5 nitrogen and oxygen atoms in total. The average Bonchev–Trinajstić information content (AvgIpc) is 2.86. The molecule has 5 heteroatoms. The number of allylic oxidation sites excluding steroid dienone is 2. The molecule has 0 aromatic rings. The quantitative estimate of drug-likeness (QED) is 0.434. The van der Waals surface area contributed by atoms with Crippen LogP contribution in [-0.2, 0) is 19.1 Å². The van der Waals surface area contributed by atoms with Gasteiger partial charge in [-0.3, -0.25) is 14.4 Å². The Morgan fingerprint density at radius 3 is 2.34 bits per heavy atom. The van der Waals surface area contributed by atoms with Gasteiger partial charge < -0.3 is 9.84 Å². The molecule has 0 aliphatic heterocycles. The van der Waals surface area contributed by atoms with Crippen molar-refractivity contribution in [2.75, 3.05) is 13.7 Å². The summed E-state index contributed by atoms with van der Waals surface area (Å²) in [6.07, 6.45) is 11.2. The second-order valence-electron chi connectivity index (χ2n) is 15.4. The van der Waals surface area contributed by atoms with Crippen LogP contribution in [0.2, 0.25) is 0 Å². The molecule has 5 aliphatic rings. The van der Waals surface area contributed by atoms with Crippen molar-refractivity contribution in [3.8, 4) is 0 Å². The Balaban J connectivity index is 1.59. The highest BCUT2D eigenvalue weighted by atomic mass is 16.5. The van der Waals surface area contributed by atoms with E-state index in [1.807, 2.05) is 13.0 Å². The zero-order valence-electron chi connectivity index (χ0n) is 24.8. The average molecular weight is 527 g/mol. The van der Waals surface area contributed by atoms with Gasteiger partial charge in [0.2, 0.25) is 0 Å². The summed E-state index contributed by atoms with van der Waals surface area (Å²) in [7, 11) is 1.47. The Morgan fingerprint density at radius 1 is 1.00 bits per heavy atom. The largest absolute Gasteiger partial charge is 0.469 e. The van der Waals surface area contributed by atoms with Crippen LogP contribution in [0.4, 0.5) is 0 Å². The predicted molar refractivity (Wildman–Crippen MR) is 147 cm³/mol. The normalized spacial score (nSPS) is 47.7. The molecule has 38 heavy (non-hydrogen) atoms. The van der Waals surface area contributed by atoms with E-state index in [0.717, 1.165) is 51.4 Å². The smallest absolute Gasteiger partial charge is 0.305 e. The number of fused-ring (bicyclic) bond motifs is 7. The van der Waals surface area contributed by atoms with Crippen molar-refractivity contribution in [3.05, 3.63) is 11.6 Å². The van der Waals surface area contributed by atoms with Crippen LogP contribution < -0.4 is 0 Å². The molecule has 1 N–H and O–H groups in total. The molecule has 0 bridgehead atoms. The number of carbonyl (C=O) groups is 3. The highest BCUT2D eigenvalue weighted by molar-refractivity contribution is 5.96. The van der Waals surface area contributed by atoms with Crippen LogP contribution in [0.5, 0.6) is 0 Å². The Bertz CT molecular complexity index is 1060. The van der Waals surface area contributed by atoms with Crippen molar-refractivity contribution in [1.82, 2.24) is 0 Å². The standard InChI is InChI=1S/C33H50O5/c1-20-22-8-10-31(5)25(30(22,4)17-21(19-34)28(20)37)16-24(35)27-23-18-29(2,3)12-14-33(23,11-9-26(36)38-7)15-13-32(27,31)6/h16,20-23,27,34H,8-15,17-19H2,1-7H3/t20-,21?,22-,23?,27?,30-,31+,32+,33+/m0/s1. The first-order valence-electron chi connectivity index (χ1n) is 15.2. The van der Waals surface area contributed by atoms with Gasteiger partial charge in [-0.1, -0.05) is 47.1 Å². The number of rotatable bonds is 4. The lowest BCUT2D eigenvalue weighted by atomic mass is 9.34. The Hall–Kier alpha value is -1.49. The third-order valence-electron chi connectivity index (χ3n) is 13.3. The van der Waals surface area contributed by atoms with E-state index in [4.69, 9.17) is 4.74 Å². The molecule has 4 fully saturated rings. The molecule has 5 rings (SSSR count). The van der Waals surface area contributed by atoms with Gasteiger partial charge in [0.25, 0.3) is 0 Å². The monoisotopic (exact) mass is 526 g/mol. The molecule has 3 unspecified atom stereocenters. The van der Waals surface area contributed by atoms with E-state index in [1.54, 1.807) is 0 Å². The number of methoxy groups -OCH3 is 1. The van der Waals surface area contributed by atoms with Crippen molar-refractivity contribution < 1.29 is 24.2 Å². The Morgan fingerprint density at radius 2 is 1.68 bits per heavy atom. The number of carbonyl (C=O) groups excluding carboxylic acids is 3. The van der Waals surface area contributed by atoms with Gasteiger partial charge in [0.05, 0.1) is 13.7 Å². The van der Waals surface area contributed by atoms with E-state index < -0.39 is 0 Å². The van der Waals surface area contributed by atoms with Gasteiger partial charge in [0, 0.05) is 24.2 Å². The number of ether oxygens (including phenoxy) is 1. The number of Topliss-reactive ketones (excluding diaryl/α,β-unsaturated/α-hetero) is 1. The summed E-state index contributed by atoms with van der Waals surface area (Å²) in [6.45, 7) is 13.7. The molecule has 4 saturated carbocycles. The van der Waals surface area contributed by atoms with Gasteiger partial charge in [0.15, 0.2) is 5.78 Å². The maximum Gasteiger partial charge on any atom is 0.305 e. The molecule has 0 radical (unpaired) electrons. The molecule has 0 aromatic heterocycles. The van der Waals surface area contributed by atoms with E-state index in [1.165, 1.54) is 12.7 Å². The van der Waals surface area contributed by atoms with Crippen LogP contribution in [0.25, 0.3) is 0 Å². The lowest BCUT2D eigenvalue weighted by molar-refractivity contribution is -0.176. The third-order valence-corrected chi connectivity index (χ3v) is 13.3. The maximum atomic E-state index is 14.5. The number of esters is 1. The minimum atomic E-state index is -0.341. The third kappa shape index (κ3) is 3.76. The molecule has 9 atom stereocenters. The first-order chi connectivity index (χ1) is 17.7. The van der Waals surface area contributed by atoms with Gasteiger partial charge in [-0.05, 0) is 103 Å². The fourth-order valence-corrected chi connectivity index (χ4v) is 10.9. The summed E-state index contributed by atoms with van der Waals surface area (Å²) >= 11 is 0. The molecule has 0 heterocycles. The zero-order chi connectivity index (χ0) is 27.9. The minimum absolute atomic E-state index is 0.0140. The predicted octanol–water partition coefficient (Wildman–Crippen LogP) is 6.32. The molecule has 0 saturated heterocycles. The second kappa shape index (κ2) is 9.01. The molecule has 5 aliphatic carbocycles. The van der Waals surface area contributed by atoms with Crippen LogP contribution in [-0.4, -0.2) is 36.4 Å². The van der Waals surface area contributed by atoms with E-state index in [2.05, 4.69) is 34.6 Å². The molecule has 212 valence electrons. The molecular formula is C33H50O5. The van der Waals surface area contributed by atoms with Crippen molar-refractivity contribution in [2.24, 2.45) is 56.7 Å². The van der Waals surface area contributed by atoms with Crippen LogP contribution >= 0.6 is 0 Å². The van der Waals surface area contributed by atoms with E-state index in [0.29, 0.717) is 12.8 Å². The Labute approximate surface area is 229 Å². The van der Waals surface area contributed by atoms with Crippen molar-refractivity contribution in [1.29, 1.82) is 0 Å². The molecule has 0 spiro atoms. The summed E-state index contributed by atoms with van der Waals surface area (Å²) in [6, 6.07) is 0. The SMILES string of the molecule is COC(=O)CC[C@]12CCC(C)(C)CC1C1C(=O)C=C3[C@@]4(C)CC(CO)C(=O)[C@@H](C)[C@@H]4CC[C@@]3(C)[C@]1(C)CC2. The summed E-state index contributed by atoms with van der Waals surface area (Å²) in [5, 5.41) is 10.1. The van der Waals surface area contributed by atoms with Crippen LogP contribution in [0.1, 0.15) is 106 Å². The summed E-state index contributed by atoms with van der Waals surface area (Å²) in [4.78, 5) is 39.7. The first kappa shape index (κ1) is 28.1. The topological polar surface area (TPSA) is 80.7 Å². The molecule has 0 amide bonds. The van der Waals surface area contributed by atoms with Crippen molar-refractivity contribution >= 4 is 17.5 Å². The van der Waals surface area contributed by atoms with Gasteiger partial charge in [-0.15, -0.1) is 0 Å².